The number of hydrogen-bond donors (Lipinski definition) is 0. The molecule has 7 heteroatoms. The molecule has 2 aromatic rings. The number of anilines is 1. The van der Waals surface area contributed by atoms with Crippen LogP contribution in [0.25, 0.3) is 0 Å². The van der Waals surface area contributed by atoms with Crippen LogP contribution in [0, 0.1) is 0 Å². The second kappa shape index (κ2) is 7.27. The zero-order valence-electron chi connectivity index (χ0n) is 13.0. The lowest BCUT2D eigenvalue weighted by Gasteiger charge is -2.21. The number of rotatable bonds is 5. The van der Waals surface area contributed by atoms with Crippen molar-refractivity contribution in [3.05, 3.63) is 39.3 Å². The van der Waals surface area contributed by atoms with Crippen molar-refractivity contribution in [3.63, 3.8) is 0 Å². The van der Waals surface area contributed by atoms with Gasteiger partial charge in [-0.25, -0.2) is 9.97 Å². The molecule has 1 aliphatic heterocycles. The zero-order valence-corrected chi connectivity index (χ0v) is 14.6. The summed E-state index contributed by atoms with van der Waals surface area (Å²) < 4.78 is 0. The Morgan fingerprint density at radius 2 is 2.22 bits per heavy atom. The average molecular weight is 351 g/mol. The van der Waals surface area contributed by atoms with Crippen molar-refractivity contribution in [2.45, 2.75) is 26.3 Å². The topological polar surface area (TPSA) is 49.3 Å². The first kappa shape index (κ1) is 16.2. The second-order valence-corrected chi connectivity index (χ2v) is 6.90. The molecular weight excluding hydrogens is 332 g/mol. The maximum atomic E-state index is 12.8. The third-order valence-corrected chi connectivity index (χ3v) is 5.06. The predicted octanol–water partition coefficient (Wildman–Crippen LogP) is 3.45. The summed E-state index contributed by atoms with van der Waals surface area (Å²) in [6, 6.07) is 4.01. The first-order valence-electron chi connectivity index (χ1n) is 7.78. The van der Waals surface area contributed by atoms with E-state index in [1.54, 1.807) is 16.2 Å². The summed E-state index contributed by atoms with van der Waals surface area (Å²) in [4.78, 5) is 26.6. The highest BCUT2D eigenvalue weighted by Gasteiger charge is 2.23. The molecule has 0 unspecified atom stereocenters. The smallest absolute Gasteiger partial charge is 0.274 e. The minimum absolute atomic E-state index is 0.145. The number of nitrogens with zero attached hydrogens (tertiary/aromatic N) is 4. The van der Waals surface area contributed by atoms with Crippen molar-refractivity contribution >= 4 is 34.8 Å². The van der Waals surface area contributed by atoms with E-state index in [1.807, 2.05) is 24.4 Å². The summed E-state index contributed by atoms with van der Waals surface area (Å²) in [5.41, 5.74) is 0.293. The normalized spacial score (nSPS) is 14.3. The second-order valence-electron chi connectivity index (χ2n) is 5.46. The maximum Gasteiger partial charge on any atom is 0.274 e. The van der Waals surface area contributed by atoms with E-state index in [1.165, 1.54) is 6.20 Å². The molecule has 0 atom stereocenters. The number of carbonyl (C=O) groups is 1. The number of hydrogen-bond acceptors (Lipinski definition) is 5. The summed E-state index contributed by atoms with van der Waals surface area (Å²) in [6.45, 7) is 5.01. The van der Waals surface area contributed by atoms with Crippen molar-refractivity contribution in [1.29, 1.82) is 0 Å². The molecule has 122 valence electrons. The van der Waals surface area contributed by atoms with Crippen molar-refractivity contribution < 1.29 is 4.79 Å². The minimum atomic E-state index is -0.145. The summed E-state index contributed by atoms with van der Waals surface area (Å²) >= 11 is 7.83. The number of aromatic nitrogens is 2. The molecule has 0 bridgehead atoms. The Morgan fingerprint density at radius 3 is 2.87 bits per heavy atom. The Balaban J connectivity index is 1.83. The first-order chi connectivity index (χ1) is 11.2. The molecule has 5 nitrogen and oxygen atoms in total. The molecule has 0 saturated carbocycles. The average Bonchev–Trinajstić information content (AvgIpc) is 3.26. The van der Waals surface area contributed by atoms with Gasteiger partial charge in [-0.2, -0.15) is 0 Å². The lowest BCUT2D eigenvalue weighted by atomic mass is 10.3. The Bertz CT molecular complexity index is 671. The molecule has 0 spiro atoms. The van der Waals surface area contributed by atoms with E-state index in [0.29, 0.717) is 29.8 Å². The molecule has 0 N–H and O–H groups in total. The van der Waals surface area contributed by atoms with E-state index < -0.39 is 0 Å². The molecule has 1 saturated heterocycles. The van der Waals surface area contributed by atoms with Crippen LogP contribution in [0.1, 0.15) is 35.1 Å². The van der Waals surface area contributed by atoms with E-state index in [-0.39, 0.29) is 5.91 Å². The number of carbonyl (C=O) groups excluding carboxylic acids is 1. The standard InChI is InChI=1S/C16H19ClN4OS/c1-2-20(11-12-6-5-9-23-12)15(22)14-13(17)10-18-16(19-14)21-7-3-4-8-21/h5-6,9-10H,2-4,7-8,11H2,1H3. The predicted molar refractivity (Wildman–Crippen MR) is 93.2 cm³/mol. The molecular formula is C16H19ClN4OS. The van der Waals surface area contributed by atoms with Crippen LogP contribution in [-0.4, -0.2) is 40.4 Å². The lowest BCUT2D eigenvalue weighted by molar-refractivity contribution is 0.0748. The van der Waals surface area contributed by atoms with Gasteiger partial charge in [-0.3, -0.25) is 4.79 Å². The molecule has 0 aliphatic carbocycles. The Hall–Kier alpha value is -1.66. The van der Waals surface area contributed by atoms with E-state index in [2.05, 4.69) is 14.9 Å². The van der Waals surface area contributed by atoms with Crippen LogP contribution in [0.3, 0.4) is 0 Å². The van der Waals surface area contributed by atoms with Gasteiger partial charge in [0.2, 0.25) is 5.95 Å². The van der Waals surface area contributed by atoms with Crippen LogP contribution in [0.2, 0.25) is 5.02 Å². The highest BCUT2D eigenvalue weighted by atomic mass is 35.5. The van der Waals surface area contributed by atoms with Crippen LogP contribution in [-0.2, 0) is 6.54 Å². The quantitative estimate of drug-likeness (QED) is 0.828. The summed E-state index contributed by atoms with van der Waals surface area (Å²) in [5.74, 6) is 0.455. The Morgan fingerprint density at radius 1 is 1.43 bits per heavy atom. The molecule has 23 heavy (non-hydrogen) atoms. The molecule has 2 aromatic heterocycles. The van der Waals surface area contributed by atoms with Gasteiger partial charge >= 0.3 is 0 Å². The van der Waals surface area contributed by atoms with Crippen LogP contribution < -0.4 is 4.90 Å². The van der Waals surface area contributed by atoms with E-state index in [4.69, 9.17) is 11.6 Å². The van der Waals surface area contributed by atoms with E-state index in [9.17, 15) is 4.79 Å². The van der Waals surface area contributed by atoms with Crippen LogP contribution >= 0.6 is 22.9 Å². The van der Waals surface area contributed by atoms with Gasteiger partial charge in [-0.1, -0.05) is 17.7 Å². The molecule has 3 heterocycles. The SMILES string of the molecule is CCN(Cc1cccs1)C(=O)c1nc(N2CCCC2)ncc1Cl. The van der Waals surface area contributed by atoms with E-state index in [0.717, 1.165) is 30.8 Å². The fourth-order valence-corrected chi connectivity index (χ4v) is 3.54. The van der Waals surface area contributed by atoms with Crippen molar-refractivity contribution in [2.24, 2.45) is 0 Å². The maximum absolute atomic E-state index is 12.8. The van der Waals surface area contributed by atoms with Gasteiger partial charge in [-0.15, -0.1) is 11.3 Å². The number of thiophene rings is 1. The van der Waals surface area contributed by atoms with Gasteiger partial charge < -0.3 is 9.80 Å². The highest BCUT2D eigenvalue weighted by Crippen LogP contribution is 2.22. The minimum Gasteiger partial charge on any atom is -0.341 e. The third-order valence-electron chi connectivity index (χ3n) is 3.92. The van der Waals surface area contributed by atoms with E-state index >= 15 is 0 Å². The largest absolute Gasteiger partial charge is 0.341 e. The molecule has 3 rings (SSSR count). The lowest BCUT2D eigenvalue weighted by Crippen LogP contribution is -2.31. The van der Waals surface area contributed by atoms with Gasteiger partial charge in [0.05, 0.1) is 17.8 Å². The zero-order chi connectivity index (χ0) is 16.2. The number of halogens is 1. The number of amides is 1. The van der Waals surface area contributed by atoms with Crippen molar-refractivity contribution in [3.8, 4) is 0 Å². The van der Waals surface area contributed by atoms with Crippen LogP contribution in [0.5, 0.6) is 0 Å². The van der Waals surface area contributed by atoms with Crippen molar-refractivity contribution in [1.82, 2.24) is 14.9 Å². The molecule has 1 aliphatic rings. The fourth-order valence-electron chi connectivity index (χ4n) is 2.64. The Kier molecular flexibility index (Phi) is 5.13. The van der Waals surface area contributed by atoms with Crippen molar-refractivity contribution in [2.75, 3.05) is 24.5 Å². The monoisotopic (exact) mass is 350 g/mol. The van der Waals surface area contributed by atoms with Crippen LogP contribution in [0.15, 0.2) is 23.7 Å². The van der Waals surface area contributed by atoms with Crippen LogP contribution in [0.4, 0.5) is 5.95 Å². The molecule has 0 radical (unpaired) electrons. The summed E-state index contributed by atoms with van der Waals surface area (Å²) in [5, 5.41) is 2.32. The third kappa shape index (κ3) is 3.64. The first-order valence-corrected chi connectivity index (χ1v) is 9.04. The molecule has 0 aromatic carbocycles. The summed E-state index contributed by atoms with van der Waals surface area (Å²) in [6.07, 6.45) is 3.80. The molecule has 1 amide bonds. The fraction of sp³-hybridized carbons (Fsp3) is 0.438. The van der Waals surface area contributed by atoms with Gasteiger partial charge in [0, 0.05) is 24.5 Å². The van der Waals surface area contributed by atoms with Gasteiger partial charge in [0.15, 0.2) is 5.69 Å². The Labute approximate surface area is 144 Å². The van der Waals surface area contributed by atoms with Gasteiger partial charge in [0.25, 0.3) is 5.91 Å². The molecule has 1 fully saturated rings. The highest BCUT2D eigenvalue weighted by molar-refractivity contribution is 7.09. The van der Waals surface area contributed by atoms with Gasteiger partial charge in [-0.05, 0) is 31.2 Å². The van der Waals surface area contributed by atoms with Gasteiger partial charge in [0.1, 0.15) is 0 Å². The summed E-state index contributed by atoms with van der Waals surface area (Å²) in [7, 11) is 0.